The van der Waals surface area contributed by atoms with Crippen LogP contribution < -0.4 is 10.3 Å². The van der Waals surface area contributed by atoms with Gasteiger partial charge in [0.1, 0.15) is 28.5 Å². The number of aliphatic hydroxyl groups excluding tert-OH is 1. The van der Waals surface area contributed by atoms with E-state index < -0.39 is 17.2 Å². The number of pyridine rings is 1. The Labute approximate surface area is 173 Å². The predicted molar refractivity (Wildman–Crippen MR) is 106 cm³/mol. The van der Waals surface area contributed by atoms with E-state index in [-0.39, 0.29) is 29.0 Å². The van der Waals surface area contributed by atoms with E-state index in [0.29, 0.717) is 22.0 Å². The Balaban J connectivity index is 1.98. The topological polar surface area (TPSA) is 51.5 Å². The molecule has 0 aliphatic carbocycles. The number of aromatic nitrogens is 1. The van der Waals surface area contributed by atoms with E-state index in [0.717, 1.165) is 12.1 Å². The molecule has 0 unspecified atom stereocenters. The fourth-order valence-corrected chi connectivity index (χ4v) is 3.32. The van der Waals surface area contributed by atoms with E-state index in [1.165, 1.54) is 10.6 Å². The molecule has 1 heterocycles. The standard InChI is InChI=1S/C20H15BrClF2NO3/c1-11-6-18(28-10-13-3-4-14(23)8-16(13)24)19(21)20(27)25(11)17-7-12(9-26)2-5-15(17)22/h2-8,26H,9-10H2,1H3. The van der Waals surface area contributed by atoms with Crippen LogP contribution in [-0.2, 0) is 13.2 Å². The Bertz CT molecular complexity index is 1100. The second-order valence-corrected chi connectivity index (χ2v) is 7.27. The smallest absolute Gasteiger partial charge is 0.273 e. The predicted octanol–water partition coefficient (Wildman–Crippen LogP) is 4.91. The Morgan fingerprint density at radius 2 is 1.93 bits per heavy atom. The molecule has 2 aromatic carbocycles. The summed E-state index contributed by atoms with van der Waals surface area (Å²) in [5.41, 5.74) is 1.29. The monoisotopic (exact) mass is 469 g/mol. The lowest BCUT2D eigenvalue weighted by Crippen LogP contribution is -2.22. The van der Waals surface area contributed by atoms with E-state index >= 15 is 0 Å². The fourth-order valence-electron chi connectivity index (χ4n) is 2.71. The van der Waals surface area contributed by atoms with Gasteiger partial charge in [-0.05, 0) is 52.7 Å². The highest BCUT2D eigenvalue weighted by Crippen LogP contribution is 2.28. The number of nitrogens with zero attached hydrogens (tertiary/aromatic N) is 1. The summed E-state index contributed by atoms with van der Waals surface area (Å²) >= 11 is 9.46. The van der Waals surface area contributed by atoms with Crippen LogP contribution in [0.2, 0.25) is 5.02 Å². The summed E-state index contributed by atoms with van der Waals surface area (Å²) in [6.07, 6.45) is 0. The number of hydrogen-bond acceptors (Lipinski definition) is 3. The molecule has 1 N–H and O–H groups in total. The van der Waals surface area contributed by atoms with Crippen molar-refractivity contribution in [1.29, 1.82) is 0 Å². The third kappa shape index (κ3) is 4.11. The molecule has 8 heteroatoms. The zero-order chi connectivity index (χ0) is 20.4. The minimum atomic E-state index is -0.728. The van der Waals surface area contributed by atoms with E-state index in [4.69, 9.17) is 16.3 Å². The molecule has 0 fully saturated rings. The number of benzene rings is 2. The van der Waals surface area contributed by atoms with Crippen LogP contribution in [0.1, 0.15) is 16.8 Å². The zero-order valence-electron chi connectivity index (χ0n) is 14.7. The van der Waals surface area contributed by atoms with Gasteiger partial charge in [0, 0.05) is 23.4 Å². The molecule has 4 nitrogen and oxygen atoms in total. The molecule has 28 heavy (non-hydrogen) atoms. The molecule has 0 aliphatic heterocycles. The molecule has 3 aromatic rings. The van der Waals surface area contributed by atoms with Gasteiger partial charge in [-0.3, -0.25) is 9.36 Å². The van der Waals surface area contributed by atoms with Crippen LogP contribution in [0.5, 0.6) is 5.75 Å². The summed E-state index contributed by atoms with van der Waals surface area (Å²) in [5, 5.41) is 9.68. The highest BCUT2D eigenvalue weighted by Gasteiger charge is 2.16. The molecule has 3 rings (SSSR count). The normalized spacial score (nSPS) is 10.9. The average Bonchev–Trinajstić information content (AvgIpc) is 2.66. The number of hydrogen-bond donors (Lipinski definition) is 1. The molecule has 1 aromatic heterocycles. The molecule has 146 valence electrons. The van der Waals surface area contributed by atoms with Crippen molar-refractivity contribution >= 4 is 27.5 Å². The number of ether oxygens (including phenoxy) is 1. The summed E-state index contributed by atoms with van der Waals surface area (Å²) in [6.45, 7) is 1.33. The number of aliphatic hydroxyl groups is 1. The molecular weight excluding hydrogens is 456 g/mol. The Hall–Kier alpha value is -2.22. The van der Waals surface area contributed by atoms with Crippen LogP contribution in [0.25, 0.3) is 5.69 Å². The third-order valence-electron chi connectivity index (χ3n) is 4.13. The van der Waals surface area contributed by atoms with Gasteiger partial charge in [-0.15, -0.1) is 0 Å². The molecule has 0 spiro atoms. The van der Waals surface area contributed by atoms with Crippen LogP contribution >= 0.6 is 27.5 Å². The fraction of sp³-hybridized carbons (Fsp3) is 0.150. The lowest BCUT2D eigenvalue weighted by Gasteiger charge is -2.16. The van der Waals surface area contributed by atoms with Crippen LogP contribution in [-0.4, -0.2) is 9.67 Å². The van der Waals surface area contributed by atoms with Gasteiger partial charge in [-0.2, -0.15) is 0 Å². The first-order valence-electron chi connectivity index (χ1n) is 8.20. The van der Waals surface area contributed by atoms with E-state index in [2.05, 4.69) is 15.9 Å². The minimum absolute atomic E-state index is 0.131. The van der Waals surface area contributed by atoms with Gasteiger partial charge in [0.05, 0.1) is 17.3 Å². The second kappa shape index (κ2) is 8.43. The third-order valence-corrected chi connectivity index (χ3v) is 5.18. The van der Waals surface area contributed by atoms with Gasteiger partial charge in [0.2, 0.25) is 0 Å². The van der Waals surface area contributed by atoms with Gasteiger partial charge in [0.25, 0.3) is 5.56 Å². The van der Waals surface area contributed by atoms with Crippen molar-refractivity contribution in [1.82, 2.24) is 4.57 Å². The van der Waals surface area contributed by atoms with Crippen molar-refractivity contribution in [2.24, 2.45) is 0 Å². The second-order valence-electron chi connectivity index (χ2n) is 6.07. The van der Waals surface area contributed by atoms with Crippen LogP contribution in [0.3, 0.4) is 0 Å². The summed E-state index contributed by atoms with van der Waals surface area (Å²) in [5.74, 6) is -1.19. The maximum atomic E-state index is 13.8. The van der Waals surface area contributed by atoms with E-state index in [1.807, 2.05) is 0 Å². The number of rotatable bonds is 5. The highest BCUT2D eigenvalue weighted by atomic mass is 79.9. The number of aryl methyl sites for hydroxylation is 1. The highest BCUT2D eigenvalue weighted by molar-refractivity contribution is 9.10. The first-order chi connectivity index (χ1) is 13.3. The van der Waals surface area contributed by atoms with Gasteiger partial charge in [0.15, 0.2) is 0 Å². The summed E-state index contributed by atoms with van der Waals surface area (Å²) < 4.78 is 33.9. The van der Waals surface area contributed by atoms with Crippen LogP contribution in [0.15, 0.2) is 51.7 Å². The van der Waals surface area contributed by atoms with Crippen molar-refractivity contribution in [3.8, 4) is 11.4 Å². The largest absolute Gasteiger partial charge is 0.487 e. The van der Waals surface area contributed by atoms with Gasteiger partial charge < -0.3 is 9.84 Å². The summed E-state index contributed by atoms with van der Waals surface area (Å²) in [6, 6.07) is 9.68. The average molecular weight is 471 g/mol. The number of halogens is 4. The minimum Gasteiger partial charge on any atom is -0.487 e. The first kappa shape index (κ1) is 20.5. The van der Waals surface area contributed by atoms with Crippen molar-refractivity contribution in [2.75, 3.05) is 0 Å². The van der Waals surface area contributed by atoms with Gasteiger partial charge >= 0.3 is 0 Å². The van der Waals surface area contributed by atoms with Crippen LogP contribution in [0, 0.1) is 18.6 Å². The Morgan fingerprint density at radius 3 is 2.61 bits per heavy atom. The van der Waals surface area contributed by atoms with Crippen molar-refractivity contribution in [2.45, 2.75) is 20.1 Å². The molecular formula is C20H15BrClF2NO3. The molecule has 0 radical (unpaired) electrons. The first-order valence-corrected chi connectivity index (χ1v) is 9.37. The van der Waals surface area contributed by atoms with Crippen molar-refractivity contribution < 1.29 is 18.6 Å². The van der Waals surface area contributed by atoms with E-state index in [9.17, 15) is 18.7 Å². The molecule has 0 saturated carbocycles. The summed E-state index contributed by atoms with van der Waals surface area (Å²) in [7, 11) is 0. The Kier molecular flexibility index (Phi) is 6.17. The SMILES string of the molecule is Cc1cc(OCc2ccc(F)cc2F)c(Br)c(=O)n1-c1cc(CO)ccc1Cl. The van der Waals surface area contributed by atoms with Gasteiger partial charge in [-0.1, -0.05) is 17.7 Å². The molecule has 0 amide bonds. The molecule has 0 saturated heterocycles. The quantitative estimate of drug-likeness (QED) is 0.576. The molecule has 0 aliphatic rings. The van der Waals surface area contributed by atoms with Gasteiger partial charge in [-0.25, -0.2) is 8.78 Å². The summed E-state index contributed by atoms with van der Waals surface area (Å²) in [4.78, 5) is 12.9. The van der Waals surface area contributed by atoms with E-state index in [1.54, 1.807) is 31.2 Å². The Morgan fingerprint density at radius 1 is 1.18 bits per heavy atom. The van der Waals surface area contributed by atoms with Crippen molar-refractivity contribution in [3.63, 3.8) is 0 Å². The maximum absolute atomic E-state index is 13.8. The lowest BCUT2D eigenvalue weighted by molar-refractivity contribution is 0.282. The van der Waals surface area contributed by atoms with Crippen LogP contribution in [0.4, 0.5) is 8.78 Å². The van der Waals surface area contributed by atoms with Crippen molar-refractivity contribution in [3.05, 3.63) is 90.8 Å². The zero-order valence-corrected chi connectivity index (χ0v) is 17.0. The maximum Gasteiger partial charge on any atom is 0.273 e. The molecule has 0 bridgehead atoms. The molecule has 0 atom stereocenters. The lowest BCUT2D eigenvalue weighted by atomic mass is 10.2.